The van der Waals surface area contributed by atoms with Gasteiger partial charge in [0.05, 0.1) is 11.1 Å². The first-order valence-corrected chi connectivity index (χ1v) is 5.15. The van der Waals surface area contributed by atoms with E-state index >= 15 is 0 Å². The van der Waals surface area contributed by atoms with E-state index in [1.807, 2.05) is 0 Å². The molecule has 1 heterocycles. The summed E-state index contributed by atoms with van der Waals surface area (Å²) in [6, 6.07) is 5.89. The summed E-state index contributed by atoms with van der Waals surface area (Å²) < 4.78 is 13.0. The van der Waals surface area contributed by atoms with Crippen LogP contribution >= 0.6 is 0 Å². The van der Waals surface area contributed by atoms with E-state index in [1.54, 1.807) is 18.2 Å². The van der Waals surface area contributed by atoms with Gasteiger partial charge in [-0.1, -0.05) is 6.08 Å². The van der Waals surface area contributed by atoms with Crippen molar-refractivity contribution >= 4 is 16.8 Å². The van der Waals surface area contributed by atoms with Gasteiger partial charge in [0.1, 0.15) is 5.82 Å². The Morgan fingerprint density at radius 1 is 1.47 bits per heavy atom. The molecule has 1 aromatic heterocycles. The first-order valence-electron chi connectivity index (χ1n) is 5.15. The maximum atomic E-state index is 13.0. The van der Waals surface area contributed by atoms with E-state index in [9.17, 15) is 9.18 Å². The van der Waals surface area contributed by atoms with Crippen molar-refractivity contribution in [3.05, 3.63) is 54.5 Å². The van der Waals surface area contributed by atoms with Gasteiger partial charge in [0, 0.05) is 18.1 Å². The van der Waals surface area contributed by atoms with Gasteiger partial charge in [-0.2, -0.15) is 0 Å². The molecule has 0 radical (unpaired) electrons. The second-order valence-electron chi connectivity index (χ2n) is 3.56. The zero-order chi connectivity index (χ0) is 12.3. The highest BCUT2D eigenvalue weighted by Gasteiger charge is 2.06. The summed E-state index contributed by atoms with van der Waals surface area (Å²) >= 11 is 0. The van der Waals surface area contributed by atoms with Crippen LogP contribution in [0.25, 0.3) is 10.9 Å². The Labute approximate surface area is 98.0 Å². The third-order valence-corrected chi connectivity index (χ3v) is 2.31. The predicted octanol–water partition coefficient (Wildman–Crippen LogP) is 2.29. The zero-order valence-corrected chi connectivity index (χ0v) is 9.11. The highest BCUT2D eigenvalue weighted by molar-refractivity contribution is 5.97. The first-order chi connectivity index (χ1) is 8.20. The molecule has 0 aliphatic heterocycles. The third kappa shape index (κ3) is 2.47. The number of nitrogens with zero attached hydrogens (tertiary/aromatic N) is 1. The summed E-state index contributed by atoms with van der Waals surface area (Å²) in [4.78, 5) is 15.7. The molecule has 1 N–H and O–H groups in total. The minimum absolute atomic E-state index is 0.247. The van der Waals surface area contributed by atoms with Crippen LogP contribution < -0.4 is 5.32 Å². The molecule has 0 fully saturated rings. The summed E-state index contributed by atoms with van der Waals surface area (Å²) in [5, 5.41) is 3.24. The molecule has 2 aromatic rings. The van der Waals surface area contributed by atoms with E-state index in [2.05, 4.69) is 16.9 Å². The molecule has 0 saturated carbocycles. The lowest BCUT2D eigenvalue weighted by Crippen LogP contribution is -2.23. The number of amides is 1. The molecular weight excluding hydrogens is 219 g/mol. The van der Waals surface area contributed by atoms with Gasteiger partial charge in [-0.3, -0.25) is 9.78 Å². The van der Waals surface area contributed by atoms with Gasteiger partial charge in [-0.05, 0) is 24.3 Å². The normalized spacial score (nSPS) is 10.2. The van der Waals surface area contributed by atoms with Gasteiger partial charge < -0.3 is 5.32 Å². The topological polar surface area (TPSA) is 42.0 Å². The Bertz CT molecular complexity index is 581. The summed E-state index contributed by atoms with van der Waals surface area (Å²) in [5.41, 5.74) is 1.07. The second-order valence-corrected chi connectivity index (χ2v) is 3.56. The van der Waals surface area contributed by atoms with E-state index in [0.29, 0.717) is 23.0 Å². The fraction of sp³-hybridized carbons (Fsp3) is 0.0769. The molecule has 1 aromatic carbocycles. The lowest BCUT2D eigenvalue weighted by Gasteiger charge is -2.03. The van der Waals surface area contributed by atoms with E-state index in [4.69, 9.17) is 0 Å². The molecule has 17 heavy (non-hydrogen) atoms. The highest BCUT2D eigenvalue weighted by atomic mass is 19.1. The van der Waals surface area contributed by atoms with Crippen molar-refractivity contribution in [2.45, 2.75) is 0 Å². The van der Waals surface area contributed by atoms with Crippen LogP contribution in [0.3, 0.4) is 0 Å². The number of halogens is 1. The van der Waals surface area contributed by atoms with Crippen molar-refractivity contribution in [3.8, 4) is 0 Å². The largest absolute Gasteiger partial charge is 0.349 e. The number of pyridine rings is 1. The van der Waals surface area contributed by atoms with Gasteiger partial charge >= 0.3 is 0 Å². The minimum atomic E-state index is -0.344. The van der Waals surface area contributed by atoms with E-state index in [1.165, 1.54) is 18.3 Å². The van der Waals surface area contributed by atoms with Crippen molar-refractivity contribution in [2.75, 3.05) is 6.54 Å². The Hall–Kier alpha value is -2.23. The van der Waals surface area contributed by atoms with Crippen LogP contribution in [0.2, 0.25) is 0 Å². The monoisotopic (exact) mass is 230 g/mol. The van der Waals surface area contributed by atoms with Crippen LogP contribution in [0.15, 0.2) is 43.1 Å². The molecule has 0 saturated heterocycles. The Morgan fingerprint density at radius 3 is 3.06 bits per heavy atom. The lowest BCUT2D eigenvalue weighted by molar-refractivity contribution is 0.0958. The number of hydrogen-bond acceptors (Lipinski definition) is 2. The van der Waals surface area contributed by atoms with Gasteiger partial charge in [-0.15, -0.1) is 6.58 Å². The summed E-state index contributed by atoms with van der Waals surface area (Å²) in [7, 11) is 0. The molecule has 2 rings (SSSR count). The van der Waals surface area contributed by atoms with E-state index in [0.717, 1.165) is 0 Å². The Balaban J connectivity index is 2.36. The molecule has 86 valence electrons. The number of carbonyl (C=O) groups is 1. The fourth-order valence-electron chi connectivity index (χ4n) is 1.49. The van der Waals surface area contributed by atoms with Gasteiger partial charge in [0.15, 0.2) is 0 Å². The standard InChI is InChI=1S/C13H11FN2O/c1-2-5-15-13(17)10-6-9-7-11(14)3-4-12(9)16-8-10/h2-4,6-8H,1,5H2,(H,15,17). The zero-order valence-electron chi connectivity index (χ0n) is 9.11. The maximum absolute atomic E-state index is 13.0. The van der Waals surface area contributed by atoms with Crippen molar-refractivity contribution in [1.82, 2.24) is 10.3 Å². The highest BCUT2D eigenvalue weighted by Crippen LogP contribution is 2.14. The maximum Gasteiger partial charge on any atom is 0.253 e. The molecule has 0 bridgehead atoms. The quantitative estimate of drug-likeness (QED) is 0.822. The summed E-state index contributed by atoms with van der Waals surface area (Å²) in [5.74, 6) is -0.591. The summed E-state index contributed by atoms with van der Waals surface area (Å²) in [6.45, 7) is 3.90. The average molecular weight is 230 g/mol. The SMILES string of the molecule is C=CCNC(=O)c1cnc2ccc(F)cc2c1. The lowest BCUT2D eigenvalue weighted by atomic mass is 10.1. The molecule has 0 aliphatic rings. The van der Waals surface area contributed by atoms with Crippen LogP contribution in [-0.2, 0) is 0 Å². The van der Waals surface area contributed by atoms with Gasteiger partial charge in [-0.25, -0.2) is 4.39 Å². The smallest absolute Gasteiger partial charge is 0.253 e. The number of nitrogens with one attached hydrogen (secondary N) is 1. The van der Waals surface area contributed by atoms with Crippen molar-refractivity contribution in [2.24, 2.45) is 0 Å². The molecule has 0 unspecified atom stereocenters. The molecule has 4 heteroatoms. The number of aromatic nitrogens is 1. The molecule has 3 nitrogen and oxygen atoms in total. The number of carbonyl (C=O) groups excluding carboxylic acids is 1. The Morgan fingerprint density at radius 2 is 2.29 bits per heavy atom. The molecule has 0 aliphatic carbocycles. The number of benzene rings is 1. The number of fused-ring (bicyclic) bond motifs is 1. The molecule has 0 atom stereocenters. The van der Waals surface area contributed by atoms with Crippen molar-refractivity contribution < 1.29 is 9.18 Å². The van der Waals surface area contributed by atoms with Crippen molar-refractivity contribution in [3.63, 3.8) is 0 Å². The van der Waals surface area contributed by atoms with Crippen molar-refractivity contribution in [1.29, 1.82) is 0 Å². The first kappa shape index (κ1) is 11.3. The third-order valence-electron chi connectivity index (χ3n) is 2.31. The van der Waals surface area contributed by atoms with E-state index in [-0.39, 0.29) is 11.7 Å². The predicted molar refractivity (Wildman–Crippen MR) is 64.2 cm³/mol. The molecule has 0 spiro atoms. The van der Waals surface area contributed by atoms with Crippen LogP contribution in [0.5, 0.6) is 0 Å². The average Bonchev–Trinajstić information content (AvgIpc) is 2.35. The minimum Gasteiger partial charge on any atom is -0.349 e. The van der Waals surface area contributed by atoms with E-state index < -0.39 is 0 Å². The molecule has 1 amide bonds. The second kappa shape index (κ2) is 4.74. The van der Waals surface area contributed by atoms with Gasteiger partial charge in [0.2, 0.25) is 0 Å². The summed E-state index contributed by atoms with van der Waals surface area (Å²) in [6.07, 6.45) is 3.06. The number of rotatable bonds is 3. The van der Waals surface area contributed by atoms with Crippen LogP contribution in [0, 0.1) is 5.82 Å². The molecular formula is C13H11FN2O. The Kier molecular flexibility index (Phi) is 3.14. The van der Waals surface area contributed by atoms with Gasteiger partial charge in [0.25, 0.3) is 5.91 Å². The van der Waals surface area contributed by atoms with Crippen LogP contribution in [-0.4, -0.2) is 17.4 Å². The fourth-order valence-corrected chi connectivity index (χ4v) is 1.49. The van der Waals surface area contributed by atoms with Crippen LogP contribution in [0.4, 0.5) is 4.39 Å². The van der Waals surface area contributed by atoms with Crippen LogP contribution in [0.1, 0.15) is 10.4 Å². The number of hydrogen-bond donors (Lipinski definition) is 1.